The van der Waals surface area contributed by atoms with Crippen LogP contribution in [0.1, 0.15) is 24.8 Å². The van der Waals surface area contributed by atoms with E-state index in [1.807, 2.05) is 12.1 Å². The molecule has 18 heavy (non-hydrogen) atoms. The quantitative estimate of drug-likeness (QED) is 0.766. The fraction of sp³-hybridized carbons (Fsp3) is 0.571. The summed E-state index contributed by atoms with van der Waals surface area (Å²) in [7, 11) is -1.36. The van der Waals surface area contributed by atoms with E-state index in [1.165, 1.54) is 37.9 Å². The van der Waals surface area contributed by atoms with Crippen molar-refractivity contribution in [1.29, 1.82) is 0 Å². The highest BCUT2D eigenvalue weighted by Gasteiger charge is 2.35. The molecule has 0 spiro atoms. The number of likely N-dealkylation sites (tertiary alicyclic amines) is 1. The Balaban J connectivity index is 1.60. The maximum absolute atomic E-state index is 9.05. The second-order valence-electron chi connectivity index (χ2n) is 5.76. The summed E-state index contributed by atoms with van der Waals surface area (Å²) < 4.78 is 0. The third-order valence-electron chi connectivity index (χ3n) is 4.49. The van der Waals surface area contributed by atoms with Crippen molar-refractivity contribution in [2.75, 3.05) is 13.1 Å². The van der Waals surface area contributed by atoms with Crippen molar-refractivity contribution in [3.05, 3.63) is 29.8 Å². The first-order valence-corrected chi connectivity index (χ1v) is 6.90. The first-order valence-electron chi connectivity index (χ1n) is 6.90. The van der Waals surface area contributed by atoms with Crippen molar-refractivity contribution in [2.45, 2.75) is 25.8 Å². The molecule has 0 amide bonds. The molecule has 2 aliphatic rings. The van der Waals surface area contributed by atoms with Gasteiger partial charge in [0.15, 0.2) is 0 Å². The molecule has 2 atom stereocenters. The van der Waals surface area contributed by atoms with Crippen molar-refractivity contribution in [3.8, 4) is 0 Å². The van der Waals surface area contributed by atoms with E-state index in [1.54, 1.807) is 12.1 Å². The van der Waals surface area contributed by atoms with Gasteiger partial charge < -0.3 is 10.0 Å². The minimum absolute atomic E-state index is 0.567. The van der Waals surface area contributed by atoms with Crippen molar-refractivity contribution in [3.63, 3.8) is 0 Å². The van der Waals surface area contributed by atoms with Gasteiger partial charge in [0.2, 0.25) is 0 Å². The molecule has 2 N–H and O–H groups in total. The van der Waals surface area contributed by atoms with Gasteiger partial charge in [-0.3, -0.25) is 4.90 Å². The minimum atomic E-state index is -1.36. The third kappa shape index (κ3) is 2.46. The van der Waals surface area contributed by atoms with E-state index in [-0.39, 0.29) is 0 Å². The van der Waals surface area contributed by atoms with E-state index in [4.69, 9.17) is 10.0 Å². The monoisotopic (exact) mass is 245 g/mol. The maximum Gasteiger partial charge on any atom is 0.488 e. The molecule has 96 valence electrons. The molecule has 1 aromatic rings. The molecule has 2 fully saturated rings. The Bertz CT molecular complexity index is 395. The zero-order valence-corrected chi connectivity index (χ0v) is 10.6. The molecule has 1 aliphatic heterocycles. The highest BCUT2D eigenvalue weighted by atomic mass is 16.4. The number of benzene rings is 1. The summed E-state index contributed by atoms with van der Waals surface area (Å²) in [4.78, 5) is 2.54. The van der Waals surface area contributed by atoms with E-state index >= 15 is 0 Å². The van der Waals surface area contributed by atoms with E-state index in [2.05, 4.69) is 4.90 Å². The third-order valence-corrected chi connectivity index (χ3v) is 4.49. The molecule has 3 rings (SSSR count). The van der Waals surface area contributed by atoms with E-state index in [9.17, 15) is 0 Å². The summed E-state index contributed by atoms with van der Waals surface area (Å²) in [5.41, 5.74) is 1.83. The lowest BCUT2D eigenvalue weighted by atomic mass is 9.80. The normalized spacial score (nSPS) is 27.4. The van der Waals surface area contributed by atoms with E-state index in [0.29, 0.717) is 5.46 Å². The summed E-state index contributed by atoms with van der Waals surface area (Å²) in [6, 6.07) is 7.61. The number of fused-ring (bicyclic) bond motifs is 1. The molecule has 4 heteroatoms. The van der Waals surface area contributed by atoms with E-state index in [0.717, 1.165) is 18.4 Å². The fourth-order valence-electron chi connectivity index (χ4n) is 3.51. The maximum atomic E-state index is 9.05. The molecule has 1 heterocycles. The zero-order valence-electron chi connectivity index (χ0n) is 10.6. The predicted molar refractivity (Wildman–Crippen MR) is 72.4 cm³/mol. The van der Waals surface area contributed by atoms with Crippen LogP contribution in [0.5, 0.6) is 0 Å². The van der Waals surface area contributed by atoms with Gasteiger partial charge >= 0.3 is 7.12 Å². The Hall–Kier alpha value is -0.835. The summed E-state index contributed by atoms with van der Waals surface area (Å²) in [5, 5.41) is 18.1. The second-order valence-corrected chi connectivity index (χ2v) is 5.76. The first-order chi connectivity index (χ1) is 8.72. The molecular weight excluding hydrogens is 225 g/mol. The summed E-state index contributed by atoms with van der Waals surface area (Å²) >= 11 is 0. The molecule has 1 saturated heterocycles. The Kier molecular flexibility index (Phi) is 3.42. The average Bonchev–Trinajstić information content (AvgIpc) is 2.90. The van der Waals surface area contributed by atoms with Gasteiger partial charge in [-0.2, -0.15) is 0 Å². The summed E-state index contributed by atoms with van der Waals surface area (Å²) in [6.45, 7) is 3.49. The minimum Gasteiger partial charge on any atom is -0.423 e. The highest BCUT2D eigenvalue weighted by molar-refractivity contribution is 6.58. The van der Waals surface area contributed by atoms with Crippen LogP contribution in [0.15, 0.2) is 24.3 Å². The van der Waals surface area contributed by atoms with Gasteiger partial charge in [-0.05, 0) is 35.7 Å². The summed E-state index contributed by atoms with van der Waals surface area (Å²) in [5.74, 6) is 1.87. The molecule has 2 unspecified atom stereocenters. The van der Waals surface area contributed by atoms with Crippen molar-refractivity contribution < 1.29 is 10.0 Å². The van der Waals surface area contributed by atoms with Gasteiger partial charge in [-0.25, -0.2) is 0 Å². The van der Waals surface area contributed by atoms with Crippen molar-refractivity contribution in [2.24, 2.45) is 11.8 Å². The van der Waals surface area contributed by atoms with Gasteiger partial charge in [0.1, 0.15) is 0 Å². The predicted octanol–water partition coefficient (Wildman–Crippen LogP) is 0.598. The molecule has 1 aromatic carbocycles. The van der Waals surface area contributed by atoms with Gasteiger partial charge in [0, 0.05) is 19.6 Å². The Labute approximate surface area is 109 Å². The van der Waals surface area contributed by atoms with Crippen molar-refractivity contribution in [1.82, 2.24) is 4.90 Å². The molecule has 0 radical (unpaired) electrons. The SMILES string of the molecule is OB(O)c1ccc(CN2CC3CCCC3C2)cc1. The van der Waals surface area contributed by atoms with Gasteiger partial charge in [-0.15, -0.1) is 0 Å². The van der Waals surface area contributed by atoms with Crippen molar-refractivity contribution >= 4 is 12.6 Å². The smallest absolute Gasteiger partial charge is 0.423 e. The molecule has 0 bridgehead atoms. The topological polar surface area (TPSA) is 43.7 Å². The number of rotatable bonds is 3. The number of nitrogens with zero attached hydrogens (tertiary/aromatic N) is 1. The average molecular weight is 245 g/mol. The van der Waals surface area contributed by atoms with Crippen LogP contribution < -0.4 is 5.46 Å². The first kappa shape index (κ1) is 12.2. The van der Waals surface area contributed by atoms with Gasteiger partial charge in [0.05, 0.1) is 0 Å². The molecular formula is C14H20BNO2. The number of hydrogen-bond donors (Lipinski definition) is 2. The Morgan fingerprint density at radius 2 is 1.67 bits per heavy atom. The van der Waals surface area contributed by atoms with Gasteiger partial charge in [0.25, 0.3) is 0 Å². The standard InChI is InChI=1S/C14H20BNO2/c17-15(18)14-6-4-11(5-7-14)8-16-9-12-2-1-3-13(12)10-16/h4-7,12-13,17-18H,1-3,8-10H2. The second kappa shape index (κ2) is 5.04. The molecule has 1 saturated carbocycles. The van der Waals surface area contributed by atoms with Gasteiger partial charge in [-0.1, -0.05) is 30.7 Å². The van der Waals surface area contributed by atoms with Crippen LogP contribution in [-0.4, -0.2) is 35.2 Å². The van der Waals surface area contributed by atoms with Crippen LogP contribution in [-0.2, 0) is 6.54 Å². The number of hydrogen-bond acceptors (Lipinski definition) is 3. The lowest BCUT2D eigenvalue weighted by Crippen LogP contribution is -2.29. The van der Waals surface area contributed by atoms with Crippen LogP contribution in [0.25, 0.3) is 0 Å². The summed E-state index contributed by atoms with van der Waals surface area (Å²) in [6.07, 6.45) is 4.25. The Morgan fingerprint density at radius 1 is 1.06 bits per heavy atom. The van der Waals surface area contributed by atoms with Crippen LogP contribution in [0.2, 0.25) is 0 Å². The zero-order chi connectivity index (χ0) is 12.5. The van der Waals surface area contributed by atoms with E-state index < -0.39 is 7.12 Å². The highest BCUT2D eigenvalue weighted by Crippen LogP contribution is 2.38. The Morgan fingerprint density at radius 3 is 2.22 bits per heavy atom. The lowest BCUT2D eigenvalue weighted by molar-refractivity contribution is 0.303. The lowest BCUT2D eigenvalue weighted by Gasteiger charge is -2.16. The largest absolute Gasteiger partial charge is 0.488 e. The van der Waals surface area contributed by atoms with Crippen LogP contribution >= 0.6 is 0 Å². The van der Waals surface area contributed by atoms with Crippen LogP contribution in [0.4, 0.5) is 0 Å². The van der Waals surface area contributed by atoms with Crippen LogP contribution in [0, 0.1) is 11.8 Å². The molecule has 0 aromatic heterocycles. The molecule has 3 nitrogen and oxygen atoms in total. The molecule has 1 aliphatic carbocycles. The van der Waals surface area contributed by atoms with Crippen LogP contribution in [0.3, 0.4) is 0 Å². The fourth-order valence-corrected chi connectivity index (χ4v) is 3.51.